The summed E-state index contributed by atoms with van der Waals surface area (Å²) in [5.74, 6) is 0. The van der Waals surface area contributed by atoms with Crippen molar-refractivity contribution >= 4 is 0 Å². The molecular weight excluding hydrogens is 139 g/mol. The Morgan fingerprint density at radius 1 is 0.545 bits per heavy atom. The van der Waals surface area contributed by atoms with Crippen LogP contribution >= 0.6 is 0 Å². The van der Waals surface area contributed by atoms with E-state index in [2.05, 4.69) is 0 Å². The lowest BCUT2D eigenvalue weighted by atomic mass is 10.2. The molecule has 1 heteroatoms. The van der Waals surface area contributed by atoms with E-state index in [4.69, 9.17) is 0 Å². The van der Waals surface area contributed by atoms with Crippen molar-refractivity contribution in [1.29, 1.82) is 0 Å². The highest BCUT2D eigenvalue weighted by Crippen LogP contribution is 2.15. The van der Waals surface area contributed by atoms with Crippen LogP contribution in [0.1, 0.15) is 58.8 Å². The van der Waals surface area contributed by atoms with Crippen LogP contribution in [0.2, 0.25) is 0 Å². The minimum atomic E-state index is 0.500. The van der Waals surface area contributed by atoms with E-state index in [0.29, 0.717) is 7.18 Å². The van der Waals surface area contributed by atoms with Gasteiger partial charge in [0.2, 0.25) is 0 Å². The van der Waals surface area contributed by atoms with E-state index in [-0.39, 0.29) is 0 Å². The lowest BCUT2D eigenvalue weighted by Crippen LogP contribution is -1.66. The second-order valence-corrected chi connectivity index (χ2v) is 2.47. The van der Waals surface area contributed by atoms with E-state index in [1.54, 1.807) is 0 Å². The number of alkyl halides is 1. The molecule has 1 fully saturated rings. The molecule has 0 aromatic carbocycles. The van der Waals surface area contributed by atoms with Gasteiger partial charge in [-0.2, -0.15) is 0 Å². The van der Waals surface area contributed by atoms with Gasteiger partial charge in [0.25, 0.3) is 0 Å². The Morgan fingerprint density at radius 2 is 0.636 bits per heavy atom. The molecule has 0 saturated heterocycles. The normalized spacial score (nSPS) is 16.4. The molecule has 0 N–H and O–H groups in total. The molecule has 0 aliphatic heterocycles. The Labute approximate surface area is 71.2 Å². The third-order valence-electron chi connectivity index (χ3n) is 1.75. The van der Waals surface area contributed by atoms with Gasteiger partial charge in [-0.1, -0.05) is 58.8 Å². The summed E-state index contributed by atoms with van der Waals surface area (Å²) in [6.07, 6.45) is 10.5. The van der Waals surface area contributed by atoms with Gasteiger partial charge in [-0.3, -0.25) is 4.39 Å². The van der Waals surface area contributed by atoms with Crippen molar-refractivity contribution < 1.29 is 4.39 Å². The van der Waals surface area contributed by atoms with Crippen molar-refractivity contribution in [2.24, 2.45) is 0 Å². The molecule has 0 unspecified atom stereocenters. The summed E-state index contributed by atoms with van der Waals surface area (Å²) in [5.41, 5.74) is 0. The number of halogens is 1. The van der Waals surface area contributed by atoms with E-state index in [9.17, 15) is 4.39 Å². The maximum atomic E-state index is 9.50. The summed E-state index contributed by atoms with van der Waals surface area (Å²) < 4.78 is 9.50. The van der Waals surface area contributed by atoms with Crippen LogP contribution < -0.4 is 0 Å². The second kappa shape index (κ2) is 16.5. The topological polar surface area (TPSA) is 0 Å². The molecule has 11 heavy (non-hydrogen) atoms. The molecule has 0 atom stereocenters. The molecule has 0 spiro atoms. The first-order valence-electron chi connectivity index (χ1n) is 4.88. The van der Waals surface area contributed by atoms with Gasteiger partial charge >= 0.3 is 0 Å². The van der Waals surface area contributed by atoms with Gasteiger partial charge in [-0.15, -0.1) is 0 Å². The molecule has 0 aromatic heterocycles. The fourth-order valence-electron chi connectivity index (χ4n) is 1.24. The zero-order valence-electron chi connectivity index (χ0n) is 8.33. The first kappa shape index (κ1) is 13.5. The van der Waals surface area contributed by atoms with Crippen molar-refractivity contribution in [2.75, 3.05) is 7.18 Å². The van der Waals surface area contributed by atoms with Crippen molar-refractivity contribution in [2.45, 2.75) is 58.8 Å². The number of rotatable bonds is 0. The average molecular weight is 162 g/mol. The van der Waals surface area contributed by atoms with Crippen LogP contribution in [-0.4, -0.2) is 7.18 Å². The van der Waals surface area contributed by atoms with Crippen molar-refractivity contribution in [3.05, 3.63) is 0 Å². The molecular formula is C10H23F. The van der Waals surface area contributed by atoms with Gasteiger partial charge in [0.1, 0.15) is 0 Å². The van der Waals surface area contributed by atoms with Crippen LogP contribution in [0.5, 0.6) is 0 Å². The Balaban J connectivity index is 0. The summed E-state index contributed by atoms with van der Waals surface area (Å²) >= 11 is 0. The predicted molar refractivity (Wildman–Crippen MR) is 50.7 cm³/mol. The van der Waals surface area contributed by atoms with E-state index in [0.717, 1.165) is 0 Å². The van der Waals surface area contributed by atoms with Gasteiger partial charge in [0, 0.05) is 0 Å². The van der Waals surface area contributed by atoms with Gasteiger partial charge in [0.15, 0.2) is 0 Å². The third kappa shape index (κ3) is 13.0. The minimum absolute atomic E-state index is 0.500. The van der Waals surface area contributed by atoms with Crippen molar-refractivity contribution in [3.8, 4) is 0 Å². The predicted octanol–water partition coefficient (Wildman–Crippen LogP) is 4.34. The highest BCUT2D eigenvalue weighted by Gasteiger charge is 1.95. The Morgan fingerprint density at radius 3 is 0.727 bits per heavy atom. The van der Waals surface area contributed by atoms with Gasteiger partial charge in [-0.05, 0) is 0 Å². The van der Waals surface area contributed by atoms with Crippen LogP contribution in [0, 0.1) is 0 Å². The van der Waals surface area contributed by atoms with E-state index in [1.807, 2.05) is 13.8 Å². The summed E-state index contributed by atoms with van der Waals surface area (Å²) in [5, 5.41) is 0. The zero-order valence-corrected chi connectivity index (χ0v) is 8.33. The summed E-state index contributed by atoms with van der Waals surface area (Å²) in [6, 6.07) is 0. The Kier molecular flexibility index (Phi) is 20.3. The Hall–Kier alpha value is -0.0700. The molecule has 70 valence electrons. The summed E-state index contributed by atoms with van der Waals surface area (Å²) in [7, 11) is 0.500. The fraction of sp³-hybridized carbons (Fsp3) is 1.00. The molecule has 1 rings (SSSR count). The van der Waals surface area contributed by atoms with Crippen LogP contribution in [0.25, 0.3) is 0 Å². The van der Waals surface area contributed by atoms with Crippen molar-refractivity contribution in [3.63, 3.8) is 0 Å². The molecule has 0 amide bonds. The molecule has 0 nitrogen and oxygen atoms in total. The monoisotopic (exact) mass is 162 g/mol. The highest BCUT2D eigenvalue weighted by atomic mass is 19.1. The zero-order chi connectivity index (χ0) is 8.95. The molecule has 0 aromatic rings. The van der Waals surface area contributed by atoms with Gasteiger partial charge < -0.3 is 0 Å². The smallest absolute Gasteiger partial charge is 0.0785 e. The first-order chi connectivity index (χ1) is 5.50. The highest BCUT2D eigenvalue weighted by molar-refractivity contribution is 4.51. The quantitative estimate of drug-likeness (QED) is 0.465. The molecule has 1 saturated carbocycles. The molecule has 0 heterocycles. The fourth-order valence-corrected chi connectivity index (χ4v) is 1.24. The molecule has 0 bridgehead atoms. The van der Waals surface area contributed by atoms with Crippen LogP contribution in [0.3, 0.4) is 0 Å². The van der Waals surface area contributed by atoms with E-state index >= 15 is 0 Å². The average Bonchev–Trinajstić information content (AvgIpc) is 2.42. The molecule has 1 aliphatic carbocycles. The van der Waals surface area contributed by atoms with Crippen LogP contribution in [-0.2, 0) is 0 Å². The number of hydrogen-bond donors (Lipinski definition) is 0. The van der Waals surface area contributed by atoms with Crippen molar-refractivity contribution in [1.82, 2.24) is 0 Å². The van der Waals surface area contributed by atoms with Crippen LogP contribution in [0.15, 0.2) is 0 Å². The van der Waals surface area contributed by atoms with Gasteiger partial charge in [0.05, 0.1) is 7.18 Å². The standard InChI is InChI=1S/C7H14.C2H6.CH3F/c1-2-4-6-7-5-3-1;2*1-2/h1-7H2;1-2H3;1H3. The summed E-state index contributed by atoms with van der Waals surface area (Å²) in [6.45, 7) is 4.00. The maximum Gasteiger partial charge on any atom is 0.0785 e. The number of hydrogen-bond acceptors (Lipinski definition) is 0. The lowest BCUT2D eigenvalue weighted by Gasteiger charge is -1.85. The minimum Gasteiger partial charge on any atom is -0.255 e. The largest absolute Gasteiger partial charge is 0.255 e. The molecule has 0 radical (unpaired) electrons. The van der Waals surface area contributed by atoms with Crippen LogP contribution in [0.4, 0.5) is 4.39 Å². The summed E-state index contributed by atoms with van der Waals surface area (Å²) in [4.78, 5) is 0. The SMILES string of the molecule is C1CCCCCC1.CC.CF. The Bertz CT molecular complexity index is 24.5. The molecule has 1 aliphatic rings. The van der Waals surface area contributed by atoms with E-state index < -0.39 is 0 Å². The van der Waals surface area contributed by atoms with Gasteiger partial charge in [-0.25, -0.2) is 0 Å². The van der Waals surface area contributed by atoms with E-state index in [1.165, 1.54) is 44.9 Å². The second-order valence-electron chi connectivity index (χ2n) is 2.47. The third-order valence-corrected chi connectivity index (χ3v) is 1.75. The first-order valence-corrected chi connectivity index (χ1v) is 4.88. The lowest BCUT2D eigenvalue weighted by molar-refractivity contribution is 0.636. The maximum absolute atomic E-state index is 9.50.